The molecule has 1 rings (SSSR count). The average Bonchev–Trinajstić information content (AvgIpc) is 2.22. The number of nitrogens with zero attached hydrogens (tertiary/aromatic N) is 1. The van der Waals surface area contributed by atoms with Crippen molar-refractivity contribution in [3.05, 3.63) is 23.5 Å². The highest BCUT2D eigenvalue weighted by Crippen LogP contribution is 2.24. The summed E-state index contributed by atoms with van der Waals surface area (Å²) in [5, 5.41) is 25.5. The average molecular weight is 251 g/mol. The summed E-state index contributed by atoms with van der Waals surface area (Å²) < 4.78 is 28.6. The maximum Gasteiger partial charge on any atom is 0.453 e. The van der Waals surface area contributed by atoms with Gasteiger partial charge in [-0.15, -0.1) is 0 Å². The van der Waals surface area contributed by atoms with Crippen molar-refractivity contribution in [3.8, 4) is 5.75 Å². The largest absolute Gasteiger partial charge is 0.453 e. The first kappa shape index (κ1) is 15.7. The van der Waals surface area contributed by atoms with Gasteiger partial charge < -0.3 is 20.1 Å². The second kappa shape index (κ2) is 6.43. The van der Waals surface area contributed by atoms with Crippen LogP contribution in [0.3, 0.4) is 0 Å². The van der Waals surface area contributed by atoms with E-state index < -0.39 is 18.3 Å². The van der Waals surface area contributed by atoms with Crippen molar-refractivity contribution in [3.63, 3.8) is 0 Å². The van der Waals surface area contributed by atoms with E-state index in [2.05, 4.69) is 9.72 Å². The summed E-state index contributed by atoms with van der Waals surface area (Å²) in [6, 6.07) is 1.02. The van der Waals surface area contributed by atoms with Gasteiger partial charge in [-0.3, -0.25) is 4.98 Å². The molecule has 1 aromatic heterocycles. The van der Waals surface area contributed by atoms with Crippen LogP contribution in [0.1, 0.15) is 31.5 Å². The molecule has 0 unspecified atom stereocenters. The Bertz CT molecular complexity index is 353. The summed E-state index contributed by atoms with van der Waals surface area (Å²) in [6.45, 7) is 5.40. The number of aromatic nitrogens is 1. The lowest BCUT2D eigenvalue weighted by molar-refractivity contribution is -0.419. The SMILES string of the molecule is CC.Cc1cc(C(F)F)ncc1OC(O)(O)O. The molecule has 0 aliphatic carbocycles. The van der Waals surface area contributed by atoms with Gasteiger partial charge in [0, 0.05) is 0 Å². The lowest BCUT2D eigenvalue weighted by Crippen LogP contribution is -2.34. The number of halogens is 2. The summed E-state index contributed by atoms with van der Waals surface area (Å²) in [4.78, 5) is 3.31. The molecule has 0 atom stereocenters. The maximum absolute atomic E-state index is 12.2. The van der Waals surface area contributed by atoms with E-state index in [-0.39, 0.29) is 11.3 Å². The smallest absolute Gasteiger partial charge is 0.415 e. The van der Waals surface area contributed by atoms with Gasteiger partial charge in [0.2, 0.25) is 0 Å². The monoisotopic (exact) mass is 251 g/mol. The van der Waals surface area contributed by atoms with Crippen molar-refractivity contribution in [1.29, 1.82) is 0 Å². The predicted octanol–water partition coefficient (Wildman–Crippen LogP) is 1.32. The number of ether oxygens (including phenoxy) is 1. The fraction of sp³-hybridized carbons (Fsp3) is 0.500. The summed E-state index contributed by atoms with van der Waals surface area (Å²) in [6.07, 6.45) is -5.20. The summed E-state index contributed by atoms with van der Waals surface area (Å²) in [5.74, 6) is -0.202. The summed E-state index contributed by atoms with van der Waals surface area (Å²) >= 11 is 0. The molecule has 0 aliphatic rings. The minimum atomic E-state index is -3.35. The Hall–Kier alpha value is -1.31. The molecule has 0 aromatic carbocycles. The van der Waals surface area contributed by atoms with Crippen molar-refractivity contribution in [2.24, 2.45) is 0 Å². The lowest BCUT2D eigenvalue weighted by Gasteiger charge is -2.16. The summed E-state index contributed by atoms with van der Waals surface area (Å²) in [5.41, 5.74) is -0.263. The van der Waals surface area contributed by atoms with Gasteiger partial charge in [0.1, 0.15) is 11.4 Å². The van der Waals surface area contributed by atoms with Crippen molar-refractivity contribution < 1.29 is 28.8 Å². The fourth-order valence-electron chi connectivity index (χ4n) is 0.939. The van der Waals surface area contributed by atoms with E-state index in [9.17, 15) is 8.78 Å². The van der Waals surface area contributed by atoms with E-state index in [0.717, 1.165) is 12.3 Å². The highest BCUT2D eigenvalue weighted by molar-refractivity contribution is 5.31. The number of hydrogen-bond donors (Lipinski definition) is 3. The molecule has 1 aromatic rings. The normalized spacial score (nSPS) is 10.9. The van der Waals surface area contributed by atoms with Crippen LogP contribution < -0.4 is 4.74 Å². The van der Waals surface area contributed by atoms with Crippen molar-refractivity contribution >= 4 is 0 Å². The van der Waals surface area contributed by atoms with Crippen LogP contribution in [0.2, 0.25) is 0 Å². The van der Waals surface area contributed by atoms with E-state index in [1.807, 2.05) is 13.8 Å². The number of alkyl halides is 2. The van der Waals surface area contributed by atoms with Crippen molar-refractivity contribution in [1.82, 2.24) is 4.98 Å². The minimum Gasteiger partial charge on any atom is -0.415 e. The summed E-state index contributed by atoms with van der Waals surface area (Å²) in [7, 11) is 0. The molecule has 0 bridgehead atoms. The molecule has 98 valence electrons. The molecule has 0 aliphatic heterocycles. The van der Waals surface area contributed by atoms with Crippen LogP contribution in [0.5, 0.6) is 5.75 Å². The number of aliphatic hydroxyl groups is 3. The quantitative estimate of drug-likeness (QED) is 0.706. The molecule has 0 fully saturated rings. The molecule has 17 heavy (non-hydrogen) atoms. The number of rotatable bonds is 3. The van der Waals surface area contributed by atoms with Gasteiger partial charge in [0.15, 0.2) is 0 Å². The minimum absolute atomic E-state index is 0.196. The molecule has 0 saturated carbocycles. The van der Waals surface area contributed by atoms with E-state index in [1.54, 1.807) is 0 Å². The first-order chi connectivity index (χ1) is 7.79. The van der Waals surface area contributed by atoms with Gasteiger partial charge in [-0.1, -0.05) is 13.8 Å². The fourth-order valence-corrected chi connectivity index (χ4v) is 0.939. The molecular formula is C10H15F2NO4. The molecule has 0 saturated heterocycles. The first-order valence-corrected chi connectivity index (χ1v) is 4.90. The zero-order valence-corrected chi connectivity index (χ0v) is 9.69. The second-order valence-corrected chi connectivity index (χ2v) is 2.85. The van der Waals surface area contributed by atoms with Crippen molar-refractivity contribution in [2.75, 3.05) is 0 Å². The molecular weight excluding hydrogens is 236 g/mol. The van der Waals surface area contributed by atoms with E-state index in [1.165, 1.54) is 6.92 Å². The van der Waals surface area contributed by atoms with Crippen LogP contribution in [0.4, 0.5) is 8.78 Å². The highest BCUT2D eigenvalue weighted by atomic mass is 19.3. The van der Waals surface area contributed by atoms with Crippen molar-refractivity contribution in [2.45, 2.75) is 33.4 Å². The molecule has 0 amide bonds. The van der Waals surface area contributed by atoms with Crippen LogP contribution in [-0.4, -0.2) is 26.5 Å². The van der Waals surface area contributed by atoms with Crippen LogP contribution >= 0.6 is 0 Å². The Kier molecular flexibility index (Phi) is 5.94. The molecule has 0 radical (unpaired) electrons. The van der Waals surface area contributed by atoms with Gasteiger partial charge >= 0.3 is 6.16 Å². The highest BCUT2D eigenvalue weighted by Gasteiger charge is 2.22. The van der Waals surface area contributed by atoms with Gasteiger partial charge in [0.05, 0.1) is 6.20 Å². The van der Waals surface area contributed by atoms with Crippen LogP contribution in [-0.2, 0) is 0 Å². The third-order valence-electron chi connectivity index (χ3n) is 1.55. The Morgan fingerprint density at radius 3 is 2.18 bits per heavy atom. The zero-order chi connectivity index (χ0) is 13.6. The van der Waals surface area contributed by atoms with Gasteiger partial charge in [-0.2, -0.15) is 0 Å². The maximum atomic E-state index is 12.2. The number of pyridine rings is 1. The first-order valence-electron chi connectivity index (χ1n) is 4.90. The van der Waals surface area contributed by atoms with Gasteiger partial charge in [-0.05, 0) is 18.6 Å². The van der Waals surface area contributed by atoms with Crippen LogP contribution in [0.15, 0.2) is 12.3 Å². The number of hydrogen-bond acceptors (Lipinski definition) is 5. The Morgan fingerprint density at radius 2 is 1.82 bits per heavy atom. The van der Waals surface area contributed by atoms with E-state index in [0.29, 0.717) is 0 Å². The van der Waals surface area contributed by atoms with Gasteiger partial charge in [-0.25, -0.2) is 8.78 Å². The molecule has 7 heteroatoms. The molecule has 0 spiro atoms. The van der Waals surface area contributed by atoms with Gasteiger partial charge in [0.25, 0.3) is 6.43 Å². The third-order valence-corrected chi connectivity index (χ3v) is 1.55. The second-order valence-electron chi connectivity index (χ2n) is 2.85. The third kappa shape index (κ3) is 5.53. The zero-order valence-electron chi connectivity index (χ0n) is 9.69. The predicted molar refractivity (Wildman–Crippen MR) is 55.3 cm³/mol. The van der Waals surface area contributed by atoms with E-state index >= 15 is 0 Å². The van der Waals surface area contributed by atoms with E-state index in [4.69, 9.17) is 15.3 Å². The molecule has 3 N–H and O–H groups in total. The number of aryl methyl sites for hydroxylation is 1. The lowest BCUT2D eigenvalue weighted by atomic mass is 10.2. The standard InChI is InChI=1S/C8H9F2NO4.C2H6/c1-4-2-5(7(9)10)11-3-6(4)15-8(12,13)14;1-2/h2-3,7,12-14H,1H3;1-2H3. The molecule has 5 nitrogen and oxygen atoms in total. The topological polar surface area (TPSA) is 82.8 Å². The van der Waals surface area contributed by atoms with Crippen LogP contribution in [0.25, 0.3) is 0 Å². The Morgan fingerprint density at radius 1 is 1.29 bits per heavy atom. The van der Waals surface area contributed by atoms with Crippen LogP contribution in [0, 0.1) is 6.92 Å². The molecule has 1 heterocycles. The Balaban J connectivity index is 0.00000121. The Labute approximate surface area is 97.3 Å².